The van der Waals surface area contributed by atoms with Crippen molar-refractivity contribution < 1.29 is 9.90 Å². The van der Waals surface area contributed by atoms with Gasteiger partial charge in [-0.25, -0.2) is 0 Å². The molecule has 0 unspecified atom stereocenters. The summed E-state index contributed by atoms with van der Waals surface area (Å²) < 4.78 is 0. The fourth-order valence-electron chi connectivity index (χ4n) is 0.815. The lowest BCUT2D eigenvalue weighted by Gasteiger charge is -2.23. The molecule has 4 heteroatoms. The fourth-order valence-corrected chi connectivity index (χ4v) is 0.815. The Morgan fingerprint density at radius 3 is 2.89 bits per heavy atom. The van der Waals surface area contributed by atoms with Crippen molar-refractivity contribution in [3.05, 3.63) is 0 Å². The van der Waals surface area contributed by atoms with Crippen molar-refractivity contribution in [2.24, 2.45) is 5.73 Å². The Bertz CT molecular complexity index is 126. The van der Waals surface area contributed by atoms with Gasteiger partial charge in [0.25, 0.3) is 0 Å². The number of carbonyl (C=O) groups is 1. The average Bonchev–Trinajstić information content (AvgIpc) is 1.83. The summed E-state index contributed by atoms with van der Waals surface area (Å²) in [6, 6.07) is -0.723. The smallest absolute Gasteiger partial charge is 0.239 e. The lowest BCUT2D eigenvalue weighted by Crippen LogP contribution is -2.53. The summed E-state index contributed by atoms with van der Waals surface area (Å²) in [7, 11) is 0. The van der Waals surface area contributed by atoms with E-state index in [1.165, 1.54) is 0 Å². The summed E-state index contributed by atoms with van der Waals surface area (Å²) in [6.45, 7) is 0.535. The highest BCUT2D eigenvalue weighted by molar-refractivity contribution is 5.82. The minimum atomic E-state index is -0.723. The quantitative estimate of drug-likeness (QED) is 0.362. The third kappa shape index (κ3) is 1.20. The molecule has 4 nitrogen and oxygen atoms in total. The number of carbonyl (C=O) groups excluding carboxylic acids is 1. The van der Waals surface area contributed by atoms with E-state index in [1.807, 2.05) is 0 Å². The second kappa shape index (κ2) is 2.33. The highest BCUT2D eigenvalue weighted by atomic mass is 16.3. The molecule has 0 saturated carbocycles. The molecule has 1 amide bonds. The van der Waals surface area contributed by atoms with Crippen LogP contribution >= 0.6 is 0 Å². The summed E-state index contributed by atoms with van der Waals surface area (Å²) >= 11 is 0. The van der Waals surface area contributed by atoms with Gasteiger partial charge in [0.05, 0.1) is 6.10 Å². The van der Waals surface area contributed by atoms with Gasteiger partial charge in [0.1, 0.15) is 6.04 Å². The Kier molecular flexibility index (Phi) is 1.68. The number of aliphatic hydroxyl groups is 1. The molecule has 0 aromatic rings. The van der Waals surface area contributed by atoms with Crippen molar-refractivity contribution in [1.29, 1.82) is 0 Å². The molecule has 52 valence electrons. The van der Waals surface area contributed by atoms with Gasteiger partial charge in [-0.3, -0.25) is 4.79 Å². The molecule has 1 aliphatic heterocycles. The number of aliphatic hydroxyl groups excluding tert-OH is 1. The van der Waals surface area contributed by atoms with Gasteiger partial charge >= 0.3 is 0 Å². The van der Waals surface area contributed by atoms with E-state index in [0.29, 0.717) is 13.0 Å². The van der Waals surface area contributed by atoms with Crippen LogP contribution in [0.25, 0.3) is 0 Å². The van der Waals surface area contributed by atoms with E-state index >= 15 is 0 Å². The number of nitrogens with two attached hydrogens (primary N) is 1. The molecule has 1 saturated heterocycles. The van der Waals surface area contributed by atoms with Gasteiger partial charge in [0.15, 0.2) is 0 Å². The maximum atomic E-state index is 10.6. The molecule has 1 heterocycles. The number of hydrogen-bond acceptors (Lipinski definition) is 3. The molecule has 0 bridgehead atoms. The average molecular weight is 130 g/mol. The van der Waals surface area contributed by atoms with E-state index in [0.717, 1.165) is 0 Å². The van der Waals surface area contributed by atoms with Crippen LogP contribution < -0.4 is 11.1 Å². The zero-order valence-corrected chi connectivity index (χ0v) is 5.00. The molecule has 0 aromatic carbocycles. The van der Waals surface area contributed by atoms with Gasteiger partial charge in [-0.05, 0) is 6.42 Å². The molecule has 0 aliphatic carbocycles. The Hall–Kier alpha value is -0.610. The predicted octanol–water partition coefficient (Wildman–Crippen LogP) is -1.81. The van der Waals surface area contributed by atoms with Gasteiger partial charge < -0.3 is 16.2 Å². The van der Waals surface area contributed by atoms with E-state index in [2.05, 4.69) is 5.32 Å². The van der Waals surface area contributed by atoms with Gasteiger partial charge in [-0.15, -0.1) is 0 Å². The maximum Gasteiger partial charge on any atom is 0.239 e. The predicted molar refractivity (Wildman–Crippen MR) is 31.6 cm³/mol. The molecule has 0 aromatic heterocycles. The topological polar surface area (TPSA) is 75.4 Å². The van der Waals surface area contributed by atoms with E-state index in [4.69, 9.17) is 10.8 Å². The molecule has 9 heavy (non-hydrogen) atoms. The van der Waals surface area contributed by atoms with Crippen LogP contribution in [0.3, 0.4) is 0 Å². The van der Waals surface area contributed by atoms with Crippen LogP contribution in [0.1, 0.15) is 6.42 Å². The van der Waals surface area contributed by atoms with Crippen molar-refractivity contribution in [1.82, 2.24) is 5.32 Å². The van der Waals surface area contributed by atoms with E-state index in [9.17, 15) is 4.79 Å². The molecular formula is C5H10N2O2. The summed E-state index contributed by atoms with van der Waals surface area (Å²) in [6.07, 6.45) is -0.0915. The molecular weight excluding hydrogens is 120 g/mol. The normalized spacial score (nSPS) is 36.0. The SMILES string of the molecule is N[C@H]1C(=O)NCC[C@H]1O. The first kappa shape index (κ1) is 6.51. The van der Waals surface area contributed by atoms with Crippen molar-refractivity contribution in [2.75, 3.05) is 6.54 Å². The first-order chi connectivity index (χ1) is 4.22. The molecule has 0 spiro atoms. The second-order valence-electron chi connectivity index (χ2n) is 2.17. The Balaban J connectivity index is 2.51. The third-order valence-electron chi connectivity index (χ3n) is 1.46. The van der Waals surface area contributed by atoms with Gasteiger partial charge in [0, 0.05) is 6.54 Å². The van der Waals surface area contributed by atoms with Crippen LogP contribution in [0.5, 0.6) is 0 Å². The van der Waals surface area contributed by atoms with Crippen LogP contribution in [-0.2, 0) is 4.79 Å². The maximum absolute atomic E-state index is 10.6. The second-order valence-corrected chi connectivity index (χ2v) is 2.17. The lowest BCUT2D eigenvalue weighted by atomic mass is 10.0. The van der Waals surface area contributed by atoms with Crippen LogP contribution in [0, 0.1) is 0 Å². The minimum absolute atomic E-state index is 0.256. The number of piperidine rings is 1. The standard InChI is InChI=1S/C5H10N2O2/c6-4-3(8)1-2-7-5(4)9/h3-4,8H,1-2,6H2,(H,7,9)/t3-,4-/m1/s1. The van der Waals surface area contributed by atoms with Crippen molar-refractivity contribution in [3.63, 3.8) is 0 Å². The number of amides is 1. The van der Waals surface area contributed by atoms with Crippen LogP contribution in [0.2, 0.25) is 0 Å². The summed E-state index contributed by atoms with van der Waals surface area (Å²) in [5.74, 6) is -0.256. The number of rotatable bonds is 0. The van der Waals surface area contributed by atoms with E-state index in [1.54, 1.807) is 0 Å². The molecule has 1 fully saturated rings. The number of nitrogens with one attached hydrogen (secondary N) is 1. The van der Waals surface area contributed by atoms with Crippen LogP contribution in [0.4, 0.5) is 0 Å². The molecule has 4 N–H and O–H groups in total. The molecule has 1 aliphatic rings. The summed E-state index contributed by atoms with van der Waals surface area (Å²) in [5.41, 5.74) is 5.26. The Morgan fingerprint density at radius 2 is 2.44 bits per heavy atom. The first-order valence-electron chi connectivity index (χ1n) is 2.93. The highest BCUT2D eigenvalue weighted by Gasteiger charge is 2.25. The zero-order valence-electron chi connectivity index (χ0n) is 5.00. The largest absolute Gasteiger partial charge is 0.391 e. The van der Waals surface area contributed by atoms with Gasteiger partial charge in [0.2, 0.25) is 5.91 Å². The molecule has 2 atom stereocenters. The summed E-state index contributed by atoms with van der Waals surface area (Å²) in [4.78, 5) is 10.6. The molecule has 0 radical (unpaired) electrons. The monoisotopic (exact) mass is 130 g/mol. The summed E-state index contributed by atoms with van der Waals surface area (Å²) in [5, 5.41) is 11.5. The first-order valence-corrected chi connectivity index (χ1v) is 2.93. The number of hydrogen-bond donors (Lipinski definition) is 3. The fraction of sp³-hybridized carbons (Fsp3) is 0.800. The van der Waals surface area contributed by atoms with E-state index in [-0.39, 0.29) is 5.91 Å². The highest BCUT2D eigenvalue weighted by Crippen LogP contribution is 2.00. The third-order valence-corrected chi connectivity index (χ3v) is 1.46. The van der Waals surface area contributed by atoms with Crippen molar-refractivity contribution in [3.8, 4) is 0 Å². The van der Waals surface area contributed by atoms with Crippen molar-refractivity contribution >= 4 is 5.91 Å². The van der Waals surface area contributed by atoms with E-state index < -0.39 is 12.1 Å². The Morgan fingerprint density at radius 1 is 1.78 bits per heavy atom. The molecule has 1 rings (SSSR count). The van der Waals surface area contributed by atoms with Crippen molar-refractivity contribution in [2.45, 2.75) is 18.6 Å². The van der Waals surface area contributed by atoms with Gasteiger partial charge in [-0.2, -0.15) is 0 Å². The Labute approximate surface area is 53.0 Å². The minimum Gasteiger partial charge on any atom is -0.391 e. The van der Waals surface area contributed by atoms with Crippen LogP contribution in [0.15, 0.2) is 0 Å². The lowest BCUT2D eigenvalue weighted by molar-refractivity contribution is -0.126. The van der Waals surface area contributed by atoms with Crippen LogP contribution in [-0.4, -0.2) is 29.7 Å². The zero-order chi connectivity index (χ0) is 6.85. The van der Waals surface area contributed by atoms with Gasteiger partial charge in [-0.1, -0.05) is 0 Å².